The quantitative estimate of drug-likeness (QED) is 0.861. The Bertz CT molecular complexity index is 524. The fraction of sp³-hybridized carbons (Fsp3) is 0.250. The van der Waals surface area contributed by atoms with Gasteiger partial charge in [-0.25, -0.2) is 4.63 Å². The molecule has 6 nitrogen and oxygen atoms in total. The highest BCUT2D eigenvalue weighted by molar-refractivity contribution is 5.73. The Hall–Kier alpha value is -2.37. The molecule has 0 atom stereocenters. The second-order valence-corrected chi connectivity index (χ2v) is 3.88. The number of hydrogen-bond donors (Lipinski definition) is 1. The molecule has 94 valence electrons. The van der Waals surface area contributed by atoms with E-state index in [1.54, 1.807) is 11.8 Å². The number of nitrogens with zero attached hydrogens (tertiary/aromatic N) is 3. The molecule has 1 N–H and O–H groups in total. The van der Waals surface area contributed by atoms with Crippen LogP contribution in [0.15, 0.2) is 35.0 Å². The molecule has 0 aliphatic heterocycles. The molecule has 1 heterocycles. The standard InChI is InChI=1S/C12H13N3O3/c1-9-11(14-18-13-9)7-15(8-12(16)17)10-5-3-2-4-6-10/h2-6H,7-8H2,1H3,(H,16,17). The Balaban J connectivity index is 2.21. The lowest BCUT2D eigenvalue weighted by atomic mass is 10.2. The first-order valence-electron chi connectivity index (χ1n) is 5.46. The minimum absolute atomic E-state index is 0.101. The monoisotopic (exact) mass is 247 g/mol. The van der Waals surface area contributed by atoms with Crippen molar-refractivity contribution in [3.63, 3.8) is 0 Å². The fourth-order valence-electron chi connectivity index (χ4n) is 1.61. The summed E-state index contributed by atoms with van der Waals surface area (Å²) in [6, 6.07) is 9.30. The van der Waals surface area contributed by atoms with E-state index in [1.807, 2.05) is 30.3 Å². The molecule has 0 spiro atoms. The van der Waals surface area contributed by atoms with Gasteiger partial charge in [0.25, 0.3) is 0 Å². The van der Waals surface area contributed by atoms with E-state index < -0.39 is 5.97 Å². The van der Waals surface area contributed by atoms with Crippen LogP contribution in [-0.4, -0.2) is 27.9 Å². The number of aryl methyl sites for hydroxylation is 1. The van der Waals surface area contributed by atoms with Gasteiger partial charge in [-0.2, -0.15) is 0 Å². The molecule has 0 aliphatic rings. The van der Waals surface area contributed by atoms with Gasteiger partial charge < -0.3 is 10.0 Å². The zero-order chi connectivity index (χ0) is 13.0. The molecule has 6 heteroatoms. The van der Waals surface area contributed by atoms with E-state index in [9.17, 15) is 4.79 Å². The largest absolute Gasteiger partial charge is 0.480 e. The smallest absolute Gasteiger partial charge is 0.323 e. The molecule has 1 aromatic carbocycles. The summed E-state index contributed by atoms with van der Waals surface area (Å²) in [6.45, 7) is 2.03. The number of carboxylic acid groups (broad SMARTS) is 1. The number of rotatable bonds is 5. The third kappa shape index (κ3) is 2.85. The topological polar surface area (TPSA) is 79.5 Å². The molecule has 0 aliphatic carbocycles. The van der Waals surface area contributed by atoms with Crippen molar-refractivity contribution in [2.75, 3.05) is 11.4 Å². The molecule has 0 radical (unpaired) electrons. The lowest BCUT2D eigenvalue weighted by molar-refractivity contribution is -0.135. The Morgan fingerprint density at radius 1 is 1.33 bits per heavy atom. The molecule has 0 unspecified atom stereocenters. The lowest BCUT2D eigenvalue weighted by Crippen LogP contribution is -2.29. The molecule has 18 heavy (non-hydrogen) atoms. The molecule has 0 bridgehead atoms. The Morgan fingerprint density at radius 3 is 2.61 bits per heavy atom. The molecular weight excluding hydrogens is 234 g/mol. The molecule has 1 aromatic heterocycles. The van der Waals surface area contributed by atoms with Crippen molar-refractivity contribution in [3.05, 3.63) is 41.7 Å². The predicted molar refractivity (Wildman–Crippen MR) is 64.2 cm³/mol. The van der Waals surface area contributed by atoms with Crippen molar-refractivity contribution in [1.82, 2.24) is 10.3 Å². The third-order valence-electron chi connectivity index (χ3n) is 2.53. The highest BCUT2D eigenvalue weighted by Gasteiger charge is 2.15. The van der Waals surface area contributed by atoms with Crippen molar-refractivity contribution in [2.45, 2.75) is 13.5 Å². The molecular formula is C12H13N3O3. The van der Waals surface area contributed by atoms with Gasteiger partial charge in [-0.05, 0) is 19.1 Å². The van der Waals surface area contributed by atoms with E-state index >= 15 is 0 Å². The Kier molecular flexibility index (Phi) is 3.57. The van der Waals surface area contributed by atoms with E-state index in [0.717, 1.165) is 5.69 Å². The van der Waals surface area contributed by atoms with E-state index in [0.29, 0.717) is 17.9 Å². The Labute approximate surface area is 104 Å². The van der Waals surface area contributed by atoms with Gasteiger partial charge in [-0.1, -0.05) is 28.5 Å². The summed E-state index contributed by atoms with van der Waals surface area (Å²) in [7, 11) is 0. The number of anilines is 1. The minimum atomic E-state index is -0.895. The first kappa shape index (κ1) is 12.1. The van der Waals surface area contributed by atoms with Gasteiger partial charge in [-0.15, -0.1) is 0 Å². The van der Waals surface area contributed by atoms with Crippen LogP contribution in [0.4, 0.5) is 5.69 Å². The van der Waals surface area contributed by atoms with Gasteiger partial charge in [0, 0.05) is 5.69 Å². The van der Waals surface area contributed by atoms with Crippen LogP contribution in [0.2, 0.25) is 0 Å². The first-order chi connectivity index (χ1) is 8.66. The normalized spacial score (nSPS) is 10.3. The zero-order valence-electron chi connectivity index (χ0n) is 9.91. The first-order valence-corrected chi connectivity index (χ1v) is 5.46. The number of benzene rings is 1. The Morgan fingerprint density at radius 2 is 2.06 bits per heavy atom. The molecule has 0 amide bonds. The van der Waals surface area contributed by atoms with E-state index in [4.69, 9.17) is 5.11 Å². The maximum atomic E-state index is 10.9. The number of para-hydroxylation sites is 1. The van der Waals surface area contributed by atoms with Crippen molar-refractivity contribution in [3.8, 4) is 0 Å². The number of hydrogen-bond acceptors (Lipinski definition) is 5. The van der Waals surface area contributed by atoms with E-state index in [-0.39, 0.29) is 6.54 Å². The van der Waals surface area contributed by atoms with Gasteiger partial charge in [-0.3, -0.25) is 4.79 Å². The van der Waals surface area contributed by atoms with Crippen LogP contribution in [0.25, 0.3) is 0 Å². The number of carbonyl (C=O) groups is 1. The molecule has 2 rings (SSSR count). The molecule has 0 saturated carbocycles. The van der Waals surface area contributed by atoms with Gasteiger partial charge in [0.1, 0.15) is 17.9 Å². The van der Waals surface area contributed by atoms with Crippen LogP contribution in [0.5, 0.6) is 0 Å². The molecule has 0 fully saturated rings. The number of aliphatic carboxylic acids is 1. The summed E-state index contributed by atoms with van der Waals surface area (Å²) >= 11 is 0. The zero-order valence-corrected chi connectivity index (χ0v) is 9.91. The summed E-state index contributed by atoms with van der Waals surface area (Å²) in [4.78, 5) is 12.6. The molecule has 0 saturated heterocycles. The average Bonchev–Trinajstić information content (AvgIpc) is 2.75. The summed E-state index contributed by atoms with van der Waals surface area (Å²) in [5.41, 5.74) is 2.13. The third-order valence-corrected chi connectivity index (χ3v) is 2.53. The van der Waals surface area contributed by atoms with Crippen LogP contribution >= 0.6 is 0 Å². The number of carboxylic acids is 1. The lowest BCUT2D eigenvalue weighted by Gasteiger charge is -2.21. The van der Waals surface area contributed by atoms with Crippen LogP contribution in [0.3, 0.4) is 0 Å². The number of aromatic nitrogens is 2. The second-order valence-electron chi connectivity index (χ2n) is 3.88. The van der Waals surface area contributed by atoms with Crippen molar-refractivity contribution < 1.29 is 14.5 Å². The van der Waals surface area contributed by atoms with Gasteiger partial charge in [0.15, 0.2) is 0 Å². The van der Waals surface area contributed by atoms with Gasteiger partial charge >= 0.3 is 5.97 Å². The SMILES string of the molecule is Cc1nonc1CN(CC(=O)O)c1ccccc1. The van der Waals surface area contributed by atoms with E-state index in [2.05, 4.69) is 14.9 Å². The second kappa shape index (κ2) is 5.31. The highest BCUT2D eigenvalue weighted by atomic mass is 16.6. The summed E-state index contributed by atoms with van der Waals surface area (Å²) in [6.07, 6.45) is 0. The highest BCUT2D eigenvalue weighted by Crippen LogP contribution is 2.16. The van der Waals surface area contributed by atoms with Gasteiger partial charge in [0.05, 0.1) is 6.54 Å². The maximum absolute atomic E-state index is 10.9. The van der Waals surface area contributed by atoms with Crippen molar-refractivity contribution in [1.29, 1.82) is 0 Å². The summed E-state index contributed by atoms with van der Waals surface area (Å²) in [5, 5.41) is 16.4. The molecule has 2 aromatic rings. The van der Waals surface area contributed by atoms with Crippen LogP contribution < -0.4 is 4.90 Å². The van der Waals surface area contributed by atoms with E-state index in [1.165, 1.54) is 0 Å². The average molecular weight is 247 g/mol. The van der Waals surface area contributed by atoms with Crippen LogP contribution in [0, 0.1) is 6.92 Å². The van der Waals surface area contributed by atoms with Crippen molar-refractivity contribution >= 4 is 11.7 Å². The maximum Gasteiger partial charge on any atom is 0.323 e. The summed E-state index contributed by atoms with van der Waals surface area (Å²) in [5.74, 6) is -0.895. The predicted octanol–water partition coefficient (Wildman–Crippen LogP) is 1.47. The van der Waals surface area contributed by atoms with Crippen LogP contribution in [0.1, 0.15) is 11.4 Å². The van der Waals surface area contributed by atoms with Gasteiger partial charge in [0.2, 0.25) is 0 Å². The van der Waals surface area contributed by atoms with Crippen molar-refractivity contribution in [2.24, 2.45) is 0 Å². The minimum Gasteiger partial charge on any atom is -0.480 e. The summed E-state index contributed by atoms with van der Waals surface area (Å²) < 4.78 is 4.61. The fourth-order valence-corrected chi connectivity index (χ4v) is 1.61. The van der Waals surface area contributed by atoms with Crippen LogP contribution in [-0.2, 0) is 11.3 Å².